The van der Waals surface area contributed by atoms with Crippen molar-refractivity contribution in [2.24, 2.45) is 0 Å². The Balaban J connectivity index is 1.40. The molecule has 0 N–H and O–H groups in total. The first-order valence-corrected chi connectivity index (χ1v) is 9.83. The normalized spacial score (nSPS) is 16.9. The van der Waals surface area contributed by atoms with Gasteiger partial charge in [0, 0.05) is 38.1 Å². The van der Waals surface area contributed by atoms with E-state index in [9.17, 15) is 9.59 Å². The number of piperazine rings is 1. The summed E-state index contributed by atoms with van der Waals surface area (Å²) in [5.74, 6) is 1.46. The molecule has 152 valence electrons. The Hall–Kier alpha value is -3.16. The van der Waals surface area contributed by atoms with Gasteiger partial charge in [-0.3, -0.25) is 9.69 Å². The molecule has 2 fully saturated rings. The predicted octanol–water partition coefficient (Wildman–Crippen LogP) is 2.32. The minimum absolute atomic E-state index is 0.0440. The van der Waals surface area contributed by atoms with Crippen molar-refractivity contribution in [3.63, 3.8) is 0 Å². The smallest absolute Gasteiger partial charge is 0.415 e. The van der Waals surface area contributed by atoms with E-state index in [-0.39, 0.29) is 5.91 Å². The Morgan fingerprint density at radius 2 is 1.79 bits per heavy atom. The van der Waals surface area contributed by atoms with E-state index in [1.807, 2.05) is 11.8 Å². The summed E-state index contributed by atoms with van der Waals surface area (Å²) >= 11 is 0. The lowest BCUT2D eigenvalue weighted by Crippen LogP contribution is -2.49. The van der Waals surface area contributed by atoms with E-state index in [0.717, 1.165) is 30.2 Å². The maximum atomic E-state index is 12.9. The van der Waals surface area contributed by atoms with Crippen molar-refractivity contribution in [2.75, 3.05) is 49.1 Å². The van der Waals surface area contributed by atoms with Crippen molar-refractivity contribution in [3.05, 3.63) is 46.8 Å². The lowest BCUT2D eigenvalue weighted by Gasteiger charge is -2.36. The quantitative estimate of drug-likeness (QED) is 0.794. The fourth-order valence-corrected chi connectivity index (χ4v) is 3.73. The summed E-state index contributed by atoms with van der Waals surface area (Å²) in [4.78, 5) is 39.1. The molecule has 0 aromatic carbocycles. The lowest BCUT2D eigenvalue weighted by atomic mass is 10.1. The van der Waals surface area contributed by atoms with Crippen LogP contribution in [0.1, 0.15) is 27.2 Å². The molecule has 2 amide bonds. The molecule has 8 nitrogen and oxygen atoms in total. The molecule has 2 aromatic rings. The van der Waals surface area contributed by atoms with Gasteiger partial charge in [-0.05, 0) is 44.0 Å². The number of aromatic nitrogens is 2. The van der Waals surface area contributed by atoms with Crippen LogP contribution in [0, 0.1) is 20.8 Å². The molecule has 29 heavy (non-hydrogen) atoms. The van der Waals surface area contributed by atoms with Crippen molar-refractivity contribution in [3.8, 4) is 0 Å². The SMILES string of the molecule is Cc1cc(C)c(N2CCN(C(=O)c3ccc(N4CCOC4=O)nc3)CC2)nc1C. The van der Waals surface area contributed by atoms with Gasteiger partial charge in [-0.25, -0.2) is 14.8 Å². The van der Waals surface area contributed by atoms with Gasteiger partial charge < -0.3 is 14.5 Å². The molecule has 2 aliphatic rings. The molecular weight excluding hydrogens is 370 g/mol. The number of carbonyl (C=O) groups excluding carboxylic acids is 2. The first-order valence-electron chi connectivity index (χ1n) is 9.83. The summed E-state index contributed by atoms with van der Waals surface area (Å²) < 4.78 is 4.92. The highest BCUT2D eigenvalue weighted by atomic mass is 16.6. The van der Waals surface area contributed by atoms with Gasteiger partial charge in [0.15, 0.2) is 0 Å². The van der Waals surface area contributed by atoms with Gasteiger partial charge in [0.25, 0.3) is 5.91 Å². The second-order valence-corrected chi connectivity index (χ2v) is 7.48. The number of aryl methyl sites for hydroxylation is 3. The second kappa shape index (κ2) is 7.69. The Bertz CT molecular complexity index is 936. The number of carbonyl (C=O) groups is 2. The van der Waals surface area contributed by atoms with Gasteiger partial charge in [0.1, 0.15) is 18.2 Å². The Morgan fingerprint density at radius 3 is 2.41 bits per heavy atom. The van der Waals surface area contributed by atoms with Crippen LogP contribution < -0.4 is 9.80 Å². The average molecular weight is 395 g/mol. The van der Waals surface area contributed by atoms with Crippen LogP contribution in [-0.2, 0) is 4.74 Å². The largest absolute Gasteiger partial charge is 0.447 e. The average Bonchev–Trinajstić information content (AvgIpc) is 3.16. The summed E-state index contributed by atoms with van der Waals surface area (Å²) in [6, 6.07) is 5.58. The van der Waals surface area contributed by atoms with Gasteiger partial charge in [-0.1, -0.05) is 6.07 Å². The van der Waals surface area contributed by atoms with E-state index in [2.05, 4.69) is 29.8 Å². The Kier molecular flexibility index (Phi) is 5.08. The molecule has 0 saturated carbocycles. The molecule has 8 heteroatoms. The van der Waals surface area contributed by atoms with Gasteiger partial charge in [0.05, 0.1) is 12.1 Å². The zero-order valence-corrected chi connectivity index (χ0v) is 17.0. The van der Waals surface area contributed by atoms with Crippen LogP contribution in [0.5, 0.6) is 0 Å². The molecule has 0 aliphatic carbocycles. The number of hydrogen-bond donors (Lipinski definition) is 0. The highest BCUT2D eigenvalue weighted by molar-refractivity contribution is 5.95. The van der Waals surface area contributed by atoms with Crippen molar-refractivity contribution in [2.45, 2.75) is 20.8 Å². The van der Waals surface area contributed by atoms with Gasteiger partial charge in [-0.2, -0.15) is 0 Å². The lowest BCUT2D eigenvalue weighted by molar-refractivity contribution is 0.0746. The van der Waals surface area contributed by atoms with E-state index < -0.39 is 6.09 Å². The van der Waals surface area contributed by atoms with Crippen LogP contribution in [-0.4, -0.2) is 66.2 Å². The van der Waals surface area contributed by atoms with Gasteiger partial charge >= 0.3 is 6.09 Å². The van der Waals surface area contributed by atoms with E-state index in [0.29, 0.717) is 37.6 Å². The monoisotopic (exact) mass is 395 g/mol. The topological polar surface area (TPSA) is 78.9 Å². The van der Waals surface area contributed by atoms with E-state index >= 15 is 0 Å². The third kappa shape index (κ3) is 3.74. The number of pyridine rings is 2. The zero-order chi connectivity index (χ0) is 20.5. The van der Waals surface area contributed by atoms with Crippen molar-refractivity contribution in [1.29, 1.82) is 0 Å². The number of hydrogen-bond acceptors (Lipinski definition) is 6. The first-order chi connectivity index (χ1) is 13.9. The molecule has 2 aliphatic heterocycles. The highest BCUT2D eigenvalue weighted by Gasteiger charge is 2.26. The van der Waals surface area contributed by atoms with Crippen molar-refractivity contribution >= 4 is 23.6 Å². The molecular formula is C21H25N5O3. The van der Waals surface area contributed by atoms with Crippen molar-refractivity contribution < 1.29 is 14.3 Å². The summed E-state index contributed by atoms with van der Waals surface area (Å²) in [6.07, 6.45) is 1.13. The molecule has 0 unspecified atom stereocenters. The molecule has 0 radical (unpaired) electrons. The van der Waals surface area contributed by atoms with Crippen LogP contribution in [0.4, 0.5) is 16.4 Å². The van der Waals surface area contributed by atoms with E-state index in [1.54, 1.807) is 12.1 Å². The molecule has 0 bridgehead atoms. The number of ether oxygens (including phenoxy) is 1. The van der Waals surface area contributed by atoms with Crippen LogP contribution in [0.2, 0.25) is 0 Å². The third-order valence-electron chi connectivity index (χ3n) is 5.53. The fourth-order valence-electron chi connectivity index (χ4n) is 3.73. The van der Waals surface area contributed by atoms with Crippen LogP contribution in [0.25, 0.3) is 0 Å². The van der Waals surface area contributed by atoms with Crippen molar-refractivity contribution in [1.82, 2.24) is 14.9 Å². The molecule has 0 atom stereocenters. The molecule has 2 saturated heterocycles. The van der Waals surface area contributed by atoms with E-state index in [4.69, 9.17) is 9.72 Å². The highest BCUT2D eigenvalue weighted by Crippen LogP contribution is 2.22. The molecule has 0 spiro atoms. The zero-order valence-electron chi connectivity index (χ0n) is 17.0. The third-order valence-corrected chi connectivity index (χ3v) is 5.53. The maximum Gasteiger partial charge on any atom is 0.415 e. The summed E-state index contributed by atoms with van der Waals surface area (Å²) in [6.45, 7) is 9.77. The number of amides is 2. The maximum absolute atomic E-state index is 12.9. The molecule has 4 rings (SSSR count). The minimum atomic E-state index is -0.400. The minimum Gasteiger partial charge on any atom is -0.447 e. The number of cyclic esters (lactones) is 1. The second-order valence-electron chi connectivity index (χ2n) is 7.48. The van der Waals surface area contributed by atoms with Crippen LogP contribution in [0.3, 0.4) is 0 Å². The Morgan fingerprint density at radius 1 is 1.03 bits per heavy atom. The first kappa shape index (κ1) is 19.2. The number of anilines is 2. The van der Waals surface area contributed by atoms with E-state index in [1.165, 1.54) is 16.7 Å². The van der Waals surface area contributed by atoms with Gasteiger partial charge in [-0.15, -0.1) is 0 Å². The Labute approximate surface area is 170 Å². The van der Waals surface area contributed by atoms with Crippen LogP contribution in [0.15, 0.2) is 24.4 Å². The summed E-state index contributed by atoms with van der Waals surface area (Å²) in [5, 5.41) is 0. The number of rotatable bonds is 3. The predicted molar refractivity (Wildman–Crippen MR) is 109 cm³/mol. The summed E-state index contributed by atoms with van der Waals surface area (Å²) in [7, 11) is 0. The standard InChI is InChI=1S/C21H25N5O3/c1-14-12-15(2)19(23-16(14)3)24-6-8-25(9-7-24)20(27)17-4-5-18(22-13-17)26-10-11-29-21(26)28/h4-5,12-13H,6-11H2,1-3H3. The number of nitrogens with zero attached hydrogens (tertiary/aromatic N) is 5. The van der Waals surface area contributed by atoms with Crippen LogP contribution >= 0.6 is 0 Å². The molecule has 4 heterocycles. The molecule has 2 aromatic heterocycles. The van der Waals surface area contributed by atoms with Gasteiger partial charge in [0.2, 0.25) is 0 Å². The summed E-state index contributed by atoms with van der Waals surface area (Å²) in [5.41, 5.74) is 3.92. The fraction of sp³-hybridized carbons (Fsp3) is 0.429.